The van der Waals surface area contributed by atoms with Crippen LogP contribution in [0, 0.1) is 22.9 Å². The van der Waals surface area contributed by atoms with Gasteiger partial charge in [0.25, 0.3) is 5.91 Å². The van der Waals surface area contributed by atoms with Crippen LogP contribution in [-0.2, 0) is 14.3 Å². The molecule has 9 heteroatoms. The summed E-state index contributed by atoms with van der Waals surface area (Å²) < 4.78 is 23.4. The lowest BCUT2D eigenvalue weighted by atomic mass is 10.2. The number of ether oxygens (including phenoxy) is 2. The Labute approximate surface area is 154 Å². The van der Waals surface area contributed by atoms with Crippen molar-refractivity contribution >= 4 is 23.3 Å². The van der Waals surface area contributed by atoms with E-state index >= 15 is 0 Å². The van der Waals surface area contributed by atoms with E-state index in [1.807, 2.05) is 25.1 Å². The van der Waals surface area contributed by atoms with Crippen molar-refractivity contribution in [3.63, 3.8) is 0 Å². The van der Waals surface area contributed by atoms with Gasteiger partial charge < -0.3 is 14.8 Å². The van der Waals surface area contributed by atoms with Crippen LogP contribution < -0.4 is 10.1 Å². The quantitative estimate of drug-likeness (QED) is 0.431. The third-order valence-electron chi connectivity index (χ3n) is 3.36. The minimum atomic E-state index is -1.02. The van der Waals surface area contributed by atoms with Gasteiger partial charge in [-0.2, -0.15) is 4.39 Å². The molecule has 0 bridgehead atoms. The molecule has 0 fully saturated rings. The summed E-state index contributed by atoms with van der Waals surface area (Å²) in [5.74, 6) is -1.73. The maximum atomic E-state index is 13.2. The zero-order valence-electron chi connectivity index (χ0n) is 14.4. The zero-order chi connectivity index (χ0) is 19.8. The van der Waals surface area contributed by atoms with E-state index < -0.39 is 34.9 Å². The molecule has 1 N–H and O–H groups in total. The number of nitro groups is 1. The normalized spacial score (nSPS) is 10.1. The number of halogens is 1. The first-order chi connectivity index (χ1) is 12.8. The van der Waals surface area contributed by atoms with Gasteiger partial charge in [0, 0.05) is 11.8 Å². The van der Waals surface area contributed by atoms with Crippen LogP contribution in [-0.4, -0.2) is 30.0 Å². The van der Waals surface area contributed by atoms with E-state index in [2.05, 4.69) is 5.32 Å². The molecule has 0 radical (unpaired) electrons. The number of aryl methyl sites for hydroxylation is 1. The molecule has 0 aliphatic carbocycles. The Bertz CT molecular complexity index is 855. The van der Waals surface area contributed by atoms with Crippen LogP contribution >= 0.6 is 0 Å². The van der Waals surface area contributed by atoms with Gasteiger partial charge in [0.05, 0.1) is 18.0 Å². The number of rotatable bonds is 8. The van der Waals surface area contributed by atoms with Crippen molar-refractivity contribution in [1.82, 2.24) is 0 Å². The van der Waals surface area contributed by atoms with Crippen LogP contribution in [0.4, 0.5) is 15.8 Å². The van der Waals surface area contributed by atoms with E-state index in [0.717, 1.165) is 23.8 Å². The van der Waals surface area contributed by atoms with Gasteiger partial charge in [-0.3, -0.25) is 19.7 Å². The Morgan fingerprint density at radius 2 is 2.00 bits per heavy atom. The second-order valence-electron chi connectivity index (χ2n) is 5.55. The summed E-state index contributed by atoms with van der Waals surface area (Å²) in [5, 5.41) is 13.0. The largest absolute Gasteiger partial charge is 0.493 e. The summed E-state index contributed by atoms with van der Waals surface area (Å²) in [6.45, 7) is 1.43. The molecule has 0 aliphatic rings. The van der Waals surface area contributed by atoms with E-state index in [0.29, 0.717) is 5.75 Å². The van der Waals surface area contributed by atoms with Gasteiger partial charge in [-0.1, -0.05) is 12.1 Å². The van der Waals surface area contributed by atoms with Crippen LogP contribution in [0.3, 0.4) is 0 Å². The van der Waals surface area contributed by atoms with E-state index in [4.69, 9.17) is 9.47 Å². The van der Waals surface area contributed by atoms with Crippen molar-refractivity contribution < 1.29 is 28.4 Å². The number of carbonyl (C=O) groups excluding carboxylic acids is 2. The van der Waals surface area contributed by atoms with E-state index in [1.165, 1.54) is 0 Å². The monoisotopic (exact) mass is 376 g/mol. The first-order valence-corrected chi connectivity index (χ1v) is 7.94. The highest BCUT2D eigenvalue weighted by molar-refractivity contribution is 5.93. The van der Waals surface area contributed by atoms with Crippen molar-refractivity contribution in [2.45, 2.75) is 13.3 Å². The summed E-state index contributed by atoms with van der Waals surface area (Å²) in [7, 11) is 0. The fourth-order valence-electron chi connectivity index (χ4n) is 2.10. The van der Waals surface area contributed by atoms with Gasteiger partial charge in [0.15, 0.2) is 6.61 Å². The van der Waals surface area contributed by atoms with Gasteiger partial charge in [0.1, 0.15) is 5.75 Å². The lowest BCUT2D eigenvalue weighted by Gasteiger charge is -2.08. The molecule has 0 aromatic heterocycles. The van der Waals surface area contributed by atoms with Crippen molar-refractivity contribution in [2.75, 3.05) is 18.5 Å². The van der Waals surface area contributed by atoms with Crippen LogP contribution in [0.25, 0.3) is 0 Å². The Hall–Kier alpha value is -3.49. The molecule has 2 aromatic rings. The Morgan fingerprint density at radius 3 is 2.70 bits per heavy atom. The lowest BCUT2D eigenvalue weighted by Crippen LogP contribution is -2.21. The smallest absolute Gasteiger partial charge is 0.309 e. The van der Waals surface area contributed by atoms with Crippen molar-refractivity contribution in [1.29, 1.82) is 0 Å². The molecule has 2 aromatic carbocycles. The van der Waals surface area contributed by atoms with Crippen LogP contribution in [0.2, 0.25) is 0 Å². The highest BCUT2D eigenvalue weighted by Gasteiger charge is 2.16. The molecule has 0 heterocycles. The van der Waals surface area contributed by atoms with Crippen LogP contribution in [0.15, 0.2) is 42.5 Å². The molecule has 0 saturated carbocycles. The summed E-state index contributed by atoms with van der Waals surface area (Å²) in [4.78, 5) is 33.1. The number of nitrogens with zero attached hydrogens (tertiary/aromatic N) is 1. The number of hydrogen-bond acceptors (Lipinski definition) is 6. The number of anilines is 1. The van der Waals surface area contributed by atoms with E-state index in [1.54, 1.807) is 6.07 Å². The summed E-state index contributed by atoms with van der Waals surface area (Å²) >= 11 is 0. The molecule has 1 amide bonds. The van der Waals surface area contributed by atoms with Crippen LogP contribution in [0.1, 0.15) is 12.0 Å². The number of hydrogen-bond donors (Lipinski definition) is 1. The topological polar surface area (TPSA) is 108 Å². The number of carbonyl (C=O) groups is 2. The minimum Gasteiger partial charge on any atom is -0.493 e. The van der Waals surface area contributed by atoms with E-state index in [-0.39, 0.29) is 18.7 Å². The maximum Gasteiger partial charge on any atom is 0.309 e. The molecule has 2 rings (SSSR count). The summed E-state index contributed by atoms with van der Waals surface area (Å²) in [5.41, 5.74) is 0.276. The molecule has 0 aliphatic heterocycles. The molecular formula is C18H17FN2O6. The number of benzene rings is 2. The van der Waals surface area contributed by atoms with Gasteiger partial charge >= 0.3 is 11.7 Å². The number of nitrogens with one attached hydrogen (secondary N) is 1. The third kappa shape index (κ3) is 6.38. The molecule has 142 valence electrons. The van der Waals surface area contributed by atoms with Gasteiger partial charge in [0.2, 0.25) is 5.82 Å². The zero-order valence-corrected chi connectivity index (χ0v) is 14.4. The van der Waals surface area contributed by atoms with Gasteiger partial charge in [-0.05, 0) is 36.8 Å². The van der Waals surface area contributed by atoms with Gasteiger partial charge in [-0.25, -0.2) is 0 Å². The molecule has 27 heavy (non-hydrogen) atoms. The third-order valence-corrected chi connectivity index (χ3v) is 3.36. The highest BCUT2D eigenvalue weighted by atomic mass is 19.1. The Morgan fingerprint density at radius 1 is 1.22 bits per heavy atom. The molecule has 0 spiro atoms. The number of nitro benzene ring substituents is 1. The van der Waals surface area contributed by atoms with Crippen molar-refractivity contribution in [2.24, 2.45) is 0 Å². The lowest BCUT2D eigenvalue weighted by molar-refractivity contribution is -0.387. The average molecular weight is 376 g/mol. The first kappa shape index (κ1) is 19.8. The number of amides is 1. The van der Waals surface area contributed by atoms with Gasteiger partial charge in [-0.15, -0.1) is 0 Å². The predicted molar refractivity (Wildman–Crippen MR) is 93.9 cm³/mol. The minimum absolute atomic E-state index is 0.0203. The van der Waals surface area contributed by atoms with Crippen molar-refractivity contribution in [3.05, 3.63) is 64.0 Å². The highest BCUT2D eigenvalue weighted by Crippen LogP contribution is 2.21. The second kappa shape index (κ2) is 9.27. The first-order valence-electron chi connectivity index (χ1n) is 7.94. The molecule has 0 saturated heterocycles. The maximum absolute atomic E-state index is 13.2. The Balaban J connectivity index is 1.74. The van der Waals surface area contributed by atoms with E-state index in [9.17, 15) is 24.1 Å². The molecule has 0 unspecified atom stereocenters. The van der Waals surface area contributed by atoms with Crippen LogP contribution in [0.5, 0.6) is 5.75 Å². The number of esters is 1. The SMILES string of the molecule is Cc1cccc(OCCC(=O)OCC(=O)Nc2ccc(F)c([N+](=O)[O-])c2)c1. The second-order valence-corrected chi connectivity index (χ2v) is 5.55. The average Bonchev–Trinajstić information content (AvgIpc) is 2.61. The van der Waals surface area contributed by atoms with Crippen molar-refractivity contribution in [3.8, 4) is 5.75 Å². The summed E-state index contributed by atoms with van der Waals surface area (Å²) in [6, 6.07) is 10.2. The molecule has 8 nitrogen and oxygen atoms in total. The summed E-state index contributed by atoms with van der Waals surface area (Å²) in [6.07, 6.45) is -0.0523. The fraction of sp³-hybridized carbons (Fsp3) is 0.222. The fourth-order valence-corrected chi connectivity index (χ4v) is 2.10. The standard InChI is InChI=1S/C18H17FN2O6/c1-12-3-2-4-14(9-12)26-8-7-18(23)27-11-17(22)20-13-5-6-15(19)16(10-13)21(24)25/h2-6,9-10H,7-8,11H2,1H3,(H,20,22). The molecule has 0 atom stereocenters. The Kier molecular flexibility index (Phi) is 6.81. The molecular weight excluding hydrogens is 359 g/mol. The predicted octanol–water partition coefficient (Wildman–Crippen LogP) is 2.99.